The smallest absolute Gasteiger partial charge is 0.335 e. The maximum Gasteiger partial charge on any atom is 0.335 e. The predicted octanol–water partition coefficient (Wildman–Crippen LogP) is 3.05. The van der Waals surface area contributed by atoms with Crippen molar-refractivity contribution in [1.82, 2.24) is 4.98 Å². The van der Waals surface area contributed by atoms with Crippen molar-refractivity contribution in [3.63, 3.8) is 0 Å². The third-order valence-electron chi connectivity index (χ3n) is 2.55. The third kappa shape index (κ3) is 3.20. The van der Waals surface area contributed by atoms with E-state index in [9.17, 15) is 9.59 Å². The van der Waals surface area contributed by atoms with Crippen molar-refractivity contribution in [2.75, 3.05) is 0 Å². The maximum atomic E-state index is 10.7. The monoisotopic (exact) mass is 273 g/mol. The first-order chi connectivity index (χ1) is 9.10. The lowest BCUT2D eigenvalue weighted by molar-refractivity contribution is 0.0696. The molecular weight excluding hydrogens is 262 g/mol. The Kier molecular flexibility index (Phi) is 3.97. The number of benzene rings is 1. The summed E-state index contributed by atoms with van der Waals surface area (Å²) in [6, 6.07) is 10.1. The Balaban J connectivity index is 2.19. The first-order valence-electron chi connectivity index (χ1n) is 5.54. The predicted molar refractivity (Wildman–Crippen MR) is 71.9 cm³/mol. The molecular formula is C14H11NO3S. The Bertz CT molecular complexity index is 623. The van der Waals surface area contributed by atoms with Gasteiger partial charge in [0.2, 0.25) is 0 Å². The summed E-state index contributed by atoms with van der Waals surface area (Å²) in [6.45, 7) is 1.78. The summed E-state index contributed by atoms with van der Waals surface area (Å²) in [6.07, 6.45) is 0.776. The minimum Gasteiger partial charge on any atom is -0.478 e. The van der Waals surface area contributed by atoms with E-state index in [0.29, 0.717) is 11.3 Å². The molecule has 4 nitrogen and oxygen atoms in total. The second kappa shape index (κ2) is 5.67. The van der Waals surface area contributed by atoms with Crippen LogP contribution in [0.3, 0.4) is 0 Å². The van der Waals surface area contributed by atoms with Crippen molar-refractivity contribution < 1.29 is 14.7 Å². The highest BCUT2D eigenvalue weighted by Gasteiger charge is 2.05. The molecule has 2 rings (SSSR count). The number of rotatable bonds is 4. The Hall–Kier alpha value is -2.14. The number of hydrogen-bond donors (Lipinski definition) is 1. The van der Waals surface area contributed by atoms with Gasteiger partial charge in [-0.1, -0.05) is 11.8 Å². The molecule has 96 valence electrons. The summed E-state index contributed by atoms with van der Waals surface area (Å²) in [5.41, 5.74) is 1.51. The van der Waals surface area contributed by atoms with Gasteiger partial charge >= 0.3 is 5.97 Å². The summed E-state index contributed by atoms with van der Waals surface area (Å²) >= 11 is 1.42. The van der Waals surface area contributed by atoms with Gasteiger partial charge < -0.3 is 5.11 Å². The largest absolute Gasteiger partial charge is 0.478 e. The van der Waals surface area contributed by atoms with E-state index in [1.165, 1.54) is 11.8 Å². The molecule has 0 atom stereocenters. The molecule has 0 unspecified atom stereocenters. The Morgan fingerprint density at radius 3 is 2.42 bits per heavy atom. The van der Waals surface area contributed by atoms with Crippen LogP contribution in [0.1, 0.15) is 26.4 Å². The number of aromatic carboxylic acids is 1. The fourth-order valence-corrected chi connectivity index (χ4v) is 2.35. The van der Waals surface area contributed by atoms with E-state index in [2.05, 4.69) is 4.98 Å². The molecule has 0 amide bonds. The molecule has 0 fully saturated rings. The SMILES string of the molecule is Cc1nc(Sc2ccc(C(=O)O)cc2)ccc1C=O. The highest BCUT2D eigenvalue weighted by Crippen LogP contribution is 2.26. The molecule has 1 aromatic heterocycles. The van der Waals surface area contributed by atoms with E-state index in [4.69, 9.17) is 5.11 Å². The van der Waals surface area contributed by atoms with Gasteiger partial charge in [-0.2, -0.15) is 0 Å². The van der Waals surface area contributed by atoms with Crippen molar-refractivity contribution in [3.8, 4) is 0 Å². The Morgan fingerprint density at radius 2 is 1.89 bits per heavy atom. The number of pyridine rings is 1. The third-order valence-corrected chi connectivity index (χ3v) is 3.50. The first kappa shape index (κ1) is 13.3. The molecule has 5 heteroatoms. The second-order valence-corrected chi connectivity index (χ2v) is 4.97. The zero-order valence-electron chi connectivity index (χ0n) is 10.2. The van der Waals surface area contributed by atoms with Crippen LogP contribution in [0.5, 0.6) is 0 Å². The molecule has 0 aliphatic heterocycles. The standard InChI is InChI=1S/C14H11NO3S/c1-9-11(8-16)4-7-13(15-9)19-12-5-2-10(3-6-12)14(17)18/h2-8H,1H3,(H,17,18). The van der Waals surface area contributed by atoms with Gasteiger partial charge in [0.15, 0.2) is 6.29 Å². The van der Waals surface area contributed by atoms with Crippen molar-refractivity contribution in [2.24, 2.45) is 0 Å². The molecule has 0 spiro atoms. The molecule has 1 aromatic carbocycles. The number of carbonyl (C=O) groups is 2. The van der Waals surface area contributed by atoms with Gasteiger partial charge in [0.1, 0.15) is 5.03 Å². The topological polar surface area (TPSA) is 67.3 Å². The fraction of sp³-hybridized carbons (Fsp3) is 0.0714. The van der Waals surface area contributed by atoms with E-state index < -0.39 is 5.97 Å². The molecule has 1 heterocycles. The lowest BCUT2D eigenvalue weighted by Gasteiger charge is -2.04. The summed E-state index contributed by atoms with van der Waals surface area (Å²) in [5.74, 6) is -0.944. The van der Waals surface area contributed by atoms with E-state index in [1.54, 1.807) is 43.3 Å². The average Bonchev–Trinajstić information content (AvgIpc) is 2.39. The molecule has 0 saturated heterocycles. The van der Waals surface area contributed by atoms with E-state index in [1.807, 2.05) is 0 Å². The summed E-state index contributed by atoms with van der Waals surface area (Å²) in [4.78, 5) is 26.6. The number of nitrogens with zero attached hydrogens (tertiary/aromatic N) is 1. The van der Waals surface area contributed by atoms with E-state index in [-0.39, 0.29) is 5.56 Å². The van der Waals surface area contributed by atoms with Crippen LogP contribution in [0.2, 0.25) is 0 Å². The summed E-state index contributed by atoms with van der Waals surface area (Å²) in [7, 11) is 0. The van der Waals surface area contributed by atoms with Crippen molar-refractivity contribution in [1.29, 1.82) is 0 Å². The lowest BCUT2D eigenvalue weighted by Crippen LogP contribution is -1.95. The van der Waals surface area contributed by atoms with Gasteiger partial charge in [0.25, 0.3) is 0 Å². The number of aldehydes is 1. The van der Waals surface area contributed by atoms with Crippen LogP contribution in [0.15, 0.2) is 46.3 Å². The number of carbonyl (C=O) groups excluding carboxylic acids is 1. The van der Waals surface area contributed by atoms with Crippen LogP contribution in [-0.2, 0) is 0 Å². The van der Waals surface area contributed by atoms with Crippen molar-refractivity contribution in [3.05, 3.63) is 53.2 Å². The molecule has 2 aromatic rings. The van der Waals surface area contributed by atoms with Crippen molar-refractivity contribution >= 4 is 24.0 Å². The maximum absolute atomic E-state index is 10.7. The molecule has 0 aliphatic rings. The van der Waals surface area contributed by atoms with E-state index in [0.717, 1.165) is 16.2 Å². The molecule has 0 radical (unpaired) electrons. The second-order valence-electron chi connectivity index (χ2n) is 3.87. The number of aryl methyl sites for hydroxylation is 1. The van der Waals surface area contributed by atoms with Gasteiger partial charge in [-0.3, -0.25) is 4.79 Å². The number of hydrogen-bond acceptors (Lipinski definition) is 4. The summed E-state index contributed by atoms with van der Waals surface area (Å²) in [5, 5.41) is 9.58. The number of aromatic nitrogens is 1. The van der Waals surface area contributed by atoms with Gasteiger partial charge in [0.05, 0.1) is 5.56 Å². The zero-order chi connectivity index (χ0) is 13.8. The first-order valence-corrected chi connectivity index (χ1v) is 6.36. The minimum atomic E-state index is -0.944. The Morgan fingerprint density at radius 1 is 1.21 bits per heavy atom. The molecule has 0 aliphatic carbocycles. The Labute approximate surface area is 114 Å². The van der Waals surface area contributed by atoms with Crippen LogP contribution in [0.4, 0.5) is 0 Å². The minimum absolute atomic E-state index is 0.254. The highest BCUT2D eigenvalue weighted by atomic mass is 32.2. The number of carboxylic acid groups (broad SMARTS) is 1. The van der Waals surface area contributed by atoms with Crippen LogP contribution < -0.4 is 0 Å². The zero-order valence-corrected chi connectivity index (χ0v) is 11.0. The van der Waals surface area contributed by atoms with E-state index >= 15 is 0 Å². The quantitative estimate of drug-likeness (QED) is 0.867. The molecule has 0 bridgehead atoms. The van der Waals surface area contributed by atoms with Crippen LogP contribution >= 0.6 is 11.8 Å². The van der Waals surface area contributed by atoms with Crippen LogP contribution in [0.25, 0.3) is 0 Å². The van der Waals surface area contributed by atoms with Crippen molar-refractivity contribution in [2.45, 2.75) is 16.8 Å². The van der Waals surface area contributed by atoms with Gasteiger partial charge in [-0.25, -0.2) is 9.78 Å². The molecule has 1 N–H and O–H groups in total. The molecule has 19 heavy (non-hydrogen) atoms. The van der Waals surface area contributed by atoms with Gasteiger partial charge in [-0.05, 0) is 43.3 Å². The highest BCUT2D eigenvalue weighted by molar-refractivity contribution is 7.99. The van der Waals surface area contributed by atoms with Gasteiger partial charge in [-0.15, -0.1) is 0 Å². The van der Waals surface area contributed by atoms with Crippen LogP contribution in [-0.4, -0.2) is 22.3 Å². The molecule has 0 saturated carbocycles. The normalized spacial score (nSPS) is 10.2. The average molecular weight is 273 g/mol. The lowest BCUT2D eigenvalue weighted by atomic mass is 10.2. The van der Waals surface area contributed by atoms with Gasteiger partial charge in [0, 0.05) is 16.2 Å². The fourth-order valence-electron chi connectivity index (χ4n) is 1.52. The van der Waals surface area contributed by atoms with Crippen LogP contribution in [0, 0.1) is 6.92 Å². The summed E-state index contributed by atoms with van der Waals surface area (Å²) < 4.78 is 0. The number of carboxylic acids is 1.